The molecule has 0 bridgehead atoms. The Bertz CT molecular complexity index is 238. The van der Waals surface area contributed by atoms with Gasteiger partial charge in [-0.25, -0.2) is 0 Å². The molecule has 4 heteroatoms. The summed E-state index contributed by atoms with van der Waals surface area (Å²) < 4.78 is 4.99. The monoisotopic (exact) mass is 270 g/mol. The van der Waals surface area contributed by atoms with Crippen LogP contribution in [0.25, 0.3) is 0 Å². The van der Waals surface area contributed by atoms with Crippen molar-refractivity contribution < 1.29 is 9.53 Å². The van der Waals surface area contributed by atoms with Gasteiger partial charge in [0, 0.05) is 26.7 Å². The molecule has 1 aliphatic carbocycles. The standard InChI is InChI=1S/C15H30N2O2/c1-19-10-4-2-3-9-17-15(18)11-13-5-7-14(12-16)8-6-13/h13-14H,2-12,16H2,1H3,(H,17,18). The lowest BCUT2D eigenvalue weighted by Gasteiger charge is -2.27. The summed E-state index contributed by atoms with van der Waals surface area (Å²) in [6, 6.07) is 0. The third-order valence-corrected chi connectivity index (χ3v) is 4.12. The van der Waals surface area contributed by atoms with Crippen molar-refractivity contribution in [3.63, 3.8) is 0 Å². The molecular formula is C15H30N2O2. The summed E-state index contributed by atoms with van der Waals surface area (Å²) in [7, 11) is 1.72. The Hall–Kier alpha value is -0.610. The Kier molecular flexibility index (Phi) is 8.84. The number of methoxy groups -OCH3 is 1. The topological polar surface area (TPSA) is 64.3 Å². The van der Waals surface area contributed by atoms with Gasteiger partial charge >= 0.3 is 0 Å². The van der Waals surface area contributed by atoms with E-state index in [2.05, 4.69) is 5.32 Å². The number of rotatable bonds is 9. The summed E-state index contributed by atoms with van der Waals surface area (Å²) in [5.41, 5.74) is 5.68. The van der Waals surface area contributed by atoms with Crippen LogP contribution in [-0.4, -0.2) is 32.7 Å². The van der Waals surface area contributed by atoms with Gasteiger partial charge in [0.25, 0.3) is 0 Å². The van der Waals surface area contributed by atoms with E-state index in [0.717, 1.165) is 39.0 Å². The predicted molar refractivity (Wildman–Crippen MR) is 77.9 cm³/mol. The highest BCUT2D eigenvalue weighted by Crippen LogP contribution is 2.29. The lowest BCUT2D eigenvalue weighted by Crippen LogP contribution is -2.29. The van der Waals surface area contributed by atoms with Crippen LogP contribution in [0.15, 0.2) is 0 Å². The van der Waals surface area contributed by atoms with Crippen LogP contribution in [-0.2, 0) is 9.53 Å². The maximum atomic E-state index is 11.8. The molecule has 0 spiro atoms. The van der Waals surface area contributed by atoms with Crippen molar-refractivity contribution >= 4 is 5.91 Å². The third-order valence-electron chi connectivity index (χ3n) is 4.12. The van der Waals surface area contributed by atoms with Crippen molar-refractivity contribution in [2.75, 3.05) is 26.8 Å². The van der Waals surface area contributed by atoms with Gasteiger partial charge in [-0.3, -0.25) is 4.79 Å². The van der Waals surface area contributed by atoms with Crippen LogP contribution < -0.4 is 11.1 Å². The van der Waals surface area contributed by atoms with Gasteiger partial charge in [-0.15, -0.1) is 0 Å². The largest absolute Gasteiger partial charge is 0.385 e. The molecule has 0 aliphatic heterocycles. The van der Waals surface area contributed by atoms with E-state index in [-0.39, 0.29) is 5.91 Å². The van der Waals surface area contributed by atoms with Crippen LogP contribution in [0.4, 0.5) is 0 Å². The lowest BCUT2D eigenvalue weighted by atomic mass is 9.80. The first-order valence-electron chi connectivity index (χ1n) is 7.72. The first-order valence-corrected chi connectivity index (χ1v) is 7.72. The second-order valence-corrected chi connectivity index (χ2v) is 5.73. The van der Waals surface area contributed by atoms with Crippen LogP contribution in [0.3, 0.4) is 0 Å². The van der Waals surface area contributed by atoms with E-state index in [1.807, 2.05) is 0 Å². The molecule has 1 fully saturated rings. The van der Waals surface area contributed by atoms with E-state index in [1.165, 1.54) is 25.7 Å². The lowest BCUT2D eigenvalue weighted by molar-refractivity contribution is -0.122. The molecular weight excluding hydrogens is 240 g/mol. The van der Waals surface area contributed by atoms with Crippen LogP contribution >= 0.6 is 0 Å². The SMILES string of the molecule is COCCCCCNC(=O)CC1CCC(CN)CC1. The number of amides is 1. The molecule has 0 atom stereocenters. The quantitative estimate of drug-likeness (QED) is 0.630. The second-order valence-electron chi connectivity index (χ2n) is 5.73. The van der Waals surface area contributed by atoms with Gasteiger partial charge in [-0.05, 0) is 63.3 Å². The molecule has 3 N–H and O–H groups in total. The average Bonchev–Trinajstić information content (AvgIpc) is 2.43. The summed E-state index contributed by atoms with van der Waals surface area (Å²) in [5.74, 6) is 1.50. The van der Waals surface area contributed by atoms with Crippen molar-refractivity contribution in [3.05, 3.63) is 0 Å². The summed E-state index contributed by atoms with van der Waals surface area (Å²) in [5, 5.41) is 3.03. The Morgan fingerprint density at radius 3 is 2.47 bits per heavy atom. The maximum absolute atomic E-state index is 11.8. The number of carbonyl (C=O) groups excluding carboxylic acids is 1. The van der Waals surface area contributed by atoms with E-state index in [4.69, 9.17) is 10.5 Å². The third kappa shape index (κ3) is 7.53. The average molecular weight is 270 g/mol. The smallest absolute Gasteiger partial charge is 0.220 e. The Morgan fingerprint density at radius 1 is 1.16 bits per heavy atom. The minimum absolute atomic E-state index is 0.225. The zero-order chi connectivity index (χ0) is 13.9. The van der Waals surface area contributed by atoms with Crippen LogP contribution in [0.2, 0.25) is 0 Å². The van der Waals surface area contributed by atoms with E-state index in [0.29, 0.717) is 18.3 Å². The van der Waals surface area contributed by atoms with Gasteiger partial charge in [-0.2, -0.15) is 0 Å². The first kappa shape index (κ1) is 16.4. The number of hydrogen-bond acceptors (Lipinski definition) is 3. The molecule has 1 saturated carbocycles. The van der Waals surface area contributed by atoms with E-state index in [9.17, 15) is 4.79 Å². The fraction of sp³-hybridized carbons (Fsp3) is 0.933. The van der Waals surface area contributed by atoms with E-state index in [1.54, 1.807) is 7.11 Å². The van der Waals surface area contributed by atoms with E-state index < -0.39 is 0 Å². The van der Waals surface area contributed by atoms with Crippen molar-refractivity contribution in [2.24, 2.45) is 17.6 Å². The number of nitrogens with two attached hydrogens (primary N) is 1. The Labute approximate surface area is 117 Å². The van der Waals surface area contributed by atoms with Crippen molar-refractivity contribution in [1.82, 2.24) is 5.32 Å². The molecule has 0 aromatic rings. The highest BCUT2D eigenvalue weighted by Gasteiger charge is 2.21. The van der Waals surface area contributed by atoms with Crippen LogP contribution in [0.5, 0.6) is 0 Å². The molecule has 0 aromatic heterocycles. The Balaban J connectivity index is 1.99. The molecule has 112 valence electrons. The van der Waals surface area contributed by atoms with Gasteiger partial charge in [-0.1, -0.05) is 0 Å². The summed E-state index contributed by atoms with van der Waals surface area (Å²) >= 11 is 0. The van der Waals surface area contributed by atoms with Crippen molar-refractivity contribution in [1.29, 1.82) is 0 Å². The van der Waals surface area contributed by atoms with Crippen molar-refractivity contribution in [2.45, 2.75) is 51.4 Å². The summed E-state index contributed by atoms with van der Waals surface area (Å²) in [4.78, 5) is 11.8. The molecule has 19 heavy (non-hydrogen) atoms. The van der Waals surface area contributed by atoms with Gasteiger partial charge in [0.15, 0.2) is 0 Å². The maximum Gasteiger partial charge on any atom is 0.220 e. The number of ether oxygens (including phenoxy) is 1. The zero-order valence-corrected chi connectivity index (χ0v) is 12.3. The summed E-state index contributed by atoms with van der Waals surface area (Å²) in [6.07, 6.45) is 8.69. The molecule has 0 saturated heterocycles. The highest BCUT2D eigenvalue weighted by atomic mass is 16.5. The molecule has 1 amide bonds. The molecule has 0 heterocycles. The molecule has 1 aliphatic rings. The molecule has 0 aromatic carbocycles. The van der Waals surface area contributed by atoms with Gasteiger partial charge in [0.2, 0.25) is 5.91 Å². The highest BCUT2D eigenvalue weighted by molar-refractivity contribution is 5.76. The van der Waals surface area contributed by atoms with Gasteiger partial charge in [0.1, 0.15) is 0 Å². The first-order chi connectivity index (χ1) is 9.26. The molecule has 1 rings (SSSR count). The van der Waals surface area contributed by atoms with Gasteiger partial charge < -0.3 is 15.8 Å². The molecule has 0 unspecified atom stereocenters. The predicted octanol–water partition coefficient (Wildman–Crippen LogP) is 2.07. The fourth-order valence-corrected chi connectivity index (χ4v) is 2.78. The number of nitrogens with one attached hydrogen (secondary N) is 1. The number of carbonyl (C=O) groups is 1. The fourth-order valence-electron chi connectivity index (χ4n) is 2.78. The van der Waals surface area contributed by atoms with Crippen molar-refractivity contribution in [3.8, 4) is 0 Å². The number of hydrogen-bond donors (Lipinski definition) is 2. The minimum Gasteiger partial charge on any atom is -0.385 e. The normalized spacial score (nSPS) is 23.3. The minimum atomic E-state index is 0.225. The number of unbranched alkanes of at least 4 members (excludes halogenated alkanes) is 2. The van der Waals surface area contributed by atoms with Gasteiger partial charge in [0.05, 0.1) is 0 Å². The van der Waals surface area contributed by atoms with Crippen LogP contribution in [0, 0.1) is 11.8 Å². The molecule has 0 radical (unpaired) electrons. The Morgan fingerprint density at radius 2 is 1.84 bits per heavy atom. The van der Waals surface area contributed by atoms with Crippen LogP contribution in [0.1, 0.15) is 51.4 Å². The summed E-state index contributed by atoms with van der Waals surface area (Å²) in [6.45, 7) is 2.43. The zero-order valence-electron chi connectivity index (χ0n) is 12.3. The van der Waals surface area contributed by atoms with E-state index >= 15 is 0 Å². The second kappa shape index (κ2) is 10.2. The molecule has 4 nitrogen and oxygen atoms in total.